The number of nitro groups is 1. The van der Waals surface area contributed by atoms with Gasteiger partial charge in [0.15, 0.2) is 5.75 Å². The first-order chi connectivity index (χ1) is 12.0. The van der Waals surface area contributed by atoms with Gasteiger partial charge in [0.25, 0.3) is 0 Å². The average molecular weight is 341 g/mol. The van der Waals surface area contributed by atoms with Crippen molar-refractivity contribution in [1.29, 1.82) is 0 Å². The molecule has 6 heteroatoms. The largest absolute Gasteiger partial charge is 0.482 e. The Hall–Kier alpha value is -2.60. The number of anilines is 1. The SMILES string of the molecule is CC1CN(c2ccc(OCc3ccccc3)c([N+](=O)[O-])c2)CC(C)N1. The van der Waals surface area contributed by atoms with Crippen LogP contribution in [0, 0.1) is 10.1 Å². The Morgan fingerprint density at radius 3 is 2.48 bits per heavy atom. The fourth-order valence-corrected chi connectivity index (χ4v) is 3.24. The van der Waals surface area contributed by atoms with E-state index < -0.39 is 0 Å². The van der Waals surface area contributed by atoms with E-state index >= 15 is 0 Å². The van der Waals surface area contributed by atoms with Gasteiger partial charge in [0, 0.05) is 36.9 Å². The first-order valence-corrected chi connectivity index (χ1v) is 8.49. The van der Waals surface area contributed by atoms with Gasteiger partial charge < -0.3 is 15.0 Å². The van der Waals surface area contributed by atoms with E-state index in [-0.39, 0.29) is 10.6 Å². The number of benzene rings is 2. The summed E-state index contributed by atoms with van der Waals surface area (Å²) >= 11 is 0. The van der Waals surface area contributed by atoms with Crippen LogP contribution in [0.3, 0.4) is 0 Å². The monoisotopic (exact) mass is 341 g/mol. The molecule has 0 saturated carbocycles. The fourth-order valence-electron chi connectivity index (χ4n) is 3.24. The molecule has 2 unspecified atom stereocenters. The highest BCUT2D eigenvalue weighted by molar-refractivity contribution is 5.60. The lowest BCUT2D eigenvalue weighted by molar-refractivity contribution is -0.385. The number of piperazine rings is 1. The Bertz CT molecular complexity index is 726. The van der Waals surface area contributed by atoms with E-state index in [2.05, 4.69) is 24.1 Å². The Morgan fingerprint density at radius 2 is 1.84 bits per heavy atom. The molecule has 1 fully saturated rings. The lowest BCUT2D eigenvalue weighted by Crippen LogP contribution is -2.54. The highest BCUT2D eigenvalue weighted by Gasteiger charge is 2.24. The van der Waals surface area contributed by atoms with E-state index in [1.165, 1.54) is 0 Å². The smallest absolute Gasteiger partial charge is 0.312 e. The minimum absolute atomic E-state index is 0.00673. The van der Waals surface area contributed by atoms with E-state index in [1.54, 1.807) is 12.1 Å². The standard InChI is InChI=1S/C19H23N3O3/c1-14-11-21(12-15(2)20-14)17-8-9-19(18(10-17)22(23)24)25-13-16-6-4-3-5-7-16/h3-10,14-15,20H,11-13H2,1-2H3. The summed E-state index contributed by atoms with van der Waals surface area (Å²) < 4.78 is 5.70. The van der Waals surface area contributed by atoms with E-state index in [1.807, 2.05) is 36.4 Å². The molecule has 0 amide bonds. The molecule has 132 valence electrons. The van der Waals surface area contributed by atoms with Crippen molar-refractivity contribution in [3.63, 3.8) is 0 Å². The second-order valence-electron chi connectivity index (χ2n) is 6.56. The van der Waals surface area contributed by atoms with Gasteiger partial charge in [-0.3, -0.25) is 10.1 Å². The molecule has 0 spiro atoms. The number of ether oxygens (including phenoxy) is 1. The second-order valence-corrected chi connectivity index (χ2v) is 6.56. The minimum atomic E-state index is -0.376. The predicted octanol–water partition coefficient (Wildman–Crippen LogP) is 3.36. The molecule has 2 aromatic carbocycles. The van der Waals surface area contributed by atoms with Gasteiger partial charge in [0.05, 0.1) is 4.92 Å². The van der Waals surface area contributed by atoms with Crippen molar-refractivity contribution in [2.75, 3.05) is 18.0 Å². The second kappa shape index (κ2) is 7.53. The van der Waals surface area contributed by atoms with Crippen LogP contribution in [0.15, 0.2) is 48.5 Å². The Balaban J connectivity index is 1.79. The molecule has 0 bridgehead atoms. The zero-order chi connectivity index (χ0) is 17.8. The summed E-state index contributed by atoms with van der Waals surface area (Å²) in [5.41, 5.74) is 1.84. The average Bonchev–Trinajstić information content (AvgIpc) is 2.60. The third-order valence-corrected chi connectivity index (χ3v) is 4.30. The van der Waals surface area contributed by atoms with Crippen LogP contribution in [0.1, 0.15) is 19.4 Å². The highest BCUT2D eigenvalue weighted by Crippen LogP contribution is 2.32. The Kier molecular flexibility index (Phi) is 5.19. The summed E-state index contributed by atoms with van der Waals surface area (Å²) in [6, 6.07) is 15.5. The summed E-state index contributed by atoms with van der Waals surface area (Å²) in [5, 5.41) is 15.0. The van der Waals surface area contributed by atoms with E-state index in [0.717, 1.165) is 24.3 Å². The zero-order valence-corrected chi connectivity index (χ0v) is 14.5. The topological polar surface area (TPSA) is 67.6 Å². The van der Waals surface area contributed by atoms with Crippen molar-refractivity contribution < 1.29 is 9.66 Å². The van der Waals surface area contributed by atoms with Gasteiger partial charge in [0.2, 0.25) is 0 Å². The maximum absolute atomic E-state index is 11.5. The number of nitro benzene ring substituents is 1. The molecule has 0 aliphatic carbocycles. The van der Waals surface area contributed by atoms with Crippen LogP contribution in [0.25, 0.3) is 0 Å². The number of rotatable bonds is 5. The van der Waals surface area contributed by atoms with Gasteiger partial charge in [-0.25, -0.2) is 0 Å². The lowest BCUT2D eigenvalue weighted by atomic mass is 10.1. The Labute approximate surface area is 147 Å². The highest BCUT2D eigenvalue weighted by atomic mass is 16.6. The van der Waals surface area contributed by atoms with Gasteiger partial charge >= 0.3 is 5.69 Å². The maximum atomic E-state index is 11.5. The van der Waals surface area contributed by atoms with Crippen LogP contribution < -0.4 is 15.0 Å². The minimum Gasteiger partial charge on any atom is -0.482 e. The predicted molar refractivity (Wildman–Crippen MR) is 98.1 cm³/mol. The van der Waals surface area contributed by atoms with Crippen molar-refractivity contribution in [2.24, 2.45) is 0 Å². The van der Waals surface area contributed by atoms with Gasteiger partial charge in [-0.2, -0.15) is 0 Å². The normalized spacial score (nSPS) is 20.3. The molecule has 6 nitrogen and oxygen atoms in total. The number of nitrogens with zero attached hydrogens (tertiary/aromatic N) is 2. The van der Waals surface area contributed by atoms with Crippen LogP contribution in [0.4, 0.5) is 11.4 Å². The summed E-state index contributed by atoms with van der Waals surface area (Å²) in [6.45, 7) is 6.20. The molecule has 25 heavy (non-hydrogen) atoms. The fraction of sp³-hybridized carbons (Fsp3) is 0.368. The van der Waals surface area contributed by atoms with Crippen LogP contribution in [-0.2, 0) is 6.61 Å². The third-order valence-electron chi connectivity index (χ3n) is 4.30. The molecule has 1 saturated heterocycles. The lowest BCUT2D eigenvalue weighted by Gasteiger charge is -2.37. The van der Waals surface area contributed by atoms with Crippen molar-refractivity contribution in [2.45, 2.75) is 32.5 Å². The van der Waals surface area contributed by atoms with Crippen molar-refractivity contribution in [1.82, 2.24) is 5.32 Å². The van der Waals surface area contributed by atoms with Crippen LogP contribution >= 0.6 is 0 Å². The molecule has 2 atom stereocenters. The van der Waals surface area contributed by atoms with Gasteiger partial charge in [-0.05, 0) is 31.5 Å². The van der Waals surface area contributed by atoms with Gasteiger partial charge in [-0.15, -0.1) is 0 Å². The molecule has 2 aromatic rings. The van der Waals surface area contributed by atoms with E-state index in [0.29, 0.717) is 24.4 Å². The number of nitrogens with one attached hydrogen (secondary N) is 1. The molecule has 1 heterocycles. The number of hydrogen-bond donors (Lipinski definition) is 1. The van der Waals surface area contributed by atoms with Gasteiger partial charge in [-0.1, -0.05) is 30.3 Å². The summed E-state index contributed by atoms with van der Waals surface area (Å²) in [7, 11) is 0. The quantitative estimate of drug-likeness (QED) is 0.667. The zero-order valence-electron chi connectivity index (χ0n) is 14.5. The van der Waals surface area contributed by atoms with Crippen LogP contribution in [-0.4, -0.2) is 30.1 Å². The molecule has 1 N–H and O–H groups in total. The van der Waals surface area contributed by atoms with Crippen LogP contribution in [0.2, 0.25) is 0 Å². The van der Waals surface area contributed by atoms with Gasteiger partial charge in [0.1, 0.15) is 6.61 Å². The molecule has 0 aromatic heterocycles. The molecular formula is C19H23N3O3. The van der Waals surface area contributed by atoms with Crippen molar-refractivity contribution in [3.8, 4) is 5.75 Å². The first-order valence-electron chi connectivity index (χ1n) is 8.49. The number of hydrogen-bond acceptors (Lipinski definition) is 5. The summed E-state index contributed by atoms with van der Waals surface area (Å²) in [5.74, 6) is 0.300. The molecule has 3 rings (SSSR count). The van der Waals surface area contributed by atoms with Crippen molar-refractivity contribution in [3.05, 3.63) is 64.2 Å². The maximum Gasteiger partial charge on any atom is 0.312 e. The molecule has 0 radical (unpaired) electrons. The summed E-state index contributed by atoms with van der Waals surface area (Å²) in [4.78, 5) is 13.3. The Morgan fingerprint density at radius 1 is 1.16 bits per heavy atom. The third kappa shape index (κ3) is 4.28. The van der Waals surface area contributed by atoms with Crippen LogP contribution in [0.5, 0.6) is 5.75 Å². The molecular weight excluding hydrogens is 318 g/mol. The first kappa shape index (κ1) is 17.2. The summed E-state index contributed by atoms with van der Waals surface area (Å²) in [6.07, 6.45) is 0. The molecule has 1 aliphatic rings. The van der Waals surface area contributed by atoms with E-state index in [4.69, 9.17) is 4.74 Å². The van der Waals surface area contributed by atoms with E-state index in [9.17, 15) is 10.1 Å². The van der Waals surface area contributed by atoms with Crippen molar-refractivity contribution >= 4 is 11.4 Å². The molecule has 1 aliphatic heterocycles.